The van der Waals surface area contributed by atoms with Crippen molar-refractivity contribution in [2.75, 3.05) is 12.4 Å². The first kappa shape index (κ1) is 21.4. The third-order valence-corrected chi connectivity index (χ3v) is 6.79. The van der Waals surface area contributed by atoms with Gasteiger partial charge >= 0.3 is 0 Å². The number of aromatic nitrogens is 4. The summed E-state index contributed by atoms with van der Waals surface area (Å²) in [4.78, 5) is 13.0. The van der Waals surface area contributed by atoms with E-state index < -0.39 is 0 Å². The summed E-state index contributed by atoms with van der Waals surface area (Å²) in [5, 5.41) is 9.24. The number of nitrogens with zero attached hydrogens (tertiary/aromatic N) is 4. The molecule has 0 unspecified atom stereocenters. The van der Waals surface area contributed by atoms with Gasteiger partial charge in [-0.15, -0.1) is 10.2 Å². The molecule has 4 heterocycles. The molecule has 0 bridgehead atoms. The van der Waals surface area contributed by atoms with Gasteiger partial charge in [0, 0.05) is 24.0 Å². The minimum absolute atomic E-state index is 0.0505. The number of hydrogen-bond donors (Lipinski definition) is 0. The van der Waals surface area contributed by atoms with Crippen LogP contribution in [-0.2, 0) is 13.6 Å². The van der Waals surface area contributed by atoms with Crippen LogP contribution in [0.1, 0.15) is 39.4 Å². The second-order valence-electron chi connectivity index (χ2n) is 7.93. The quantitative estimate of drug-likeness (QED) is 0.297. The second-order valence-corrected chi connectivity index (χ2v) is 8.87. The summed E-state index contributed by atoms with van der Waals surface area (Å²) in [5.41, 5.74) is 2.67. The summed E-state index contributed by atoms with van der Waals surface area (Å²) in [7, 11) is 1.88. The van der Waals surface area contributed by atoms with E-state index in [4.69, 9.17) is 13.9 Å². The van der Waals surface area contributed by atoms with Gasteiger partial charge in [0.2, 0.25) is 0 Å². The zero-order valence-corrected chi connectivity index (χ0v) is 19.5. The molecule has 3 aromatic heterocycles. The molecule has 8 nitrogen and oxygen atoms in total. The first-order valence-corrected chi connectivity index (χ1v) is 11.6. The fourth-order valence-electron chi connectivity index (χ4n) is 3.97. The van der Waals surface area contributed by atoms with Crippen molar-refractivity contribution in [3.8, 4) is 11.5 Å². The van der Waals surface area contributed by atoms with E-state index in [1.54, 1.807) is 6.26 Å². The number of ketones is 1. The second kappa shape index (κ2) is 8.82. The fourth-order valence-corrected chi connectivity index (χ4v) is 4.77. The zero-order valence-electron chi connectivity index (χ0n) is 18.6. The molecule has 9 heteroatoms. The molecule has 1 atom stereocenters. The molecule has 5 rings (SSSR count). The van der Waals surface area contributed by atoms with Gasteiger partial charge in [0.1, 0.15) is 12.4 Å². The van der Waals surface area contributed by atoms with Gasteiger partial charge < -0.3 is 23.0 Å². The number of rotatable bonds is 7. The van der Waals surface area contributed by atoms with Crippen LogP contribution in [0.3, 0.4) is 0 Å². The van der Waals surface area contributed by atoms with E-state index in [0.29, 0.717) is 29.9 Å². The molecule has 0 fully saturated rings. The number of fused-ring (bicyclic) bond motifs is 1. The molecular weight excluding hydrogens is 440 g/mol. The van der Waals surface area contributed by atoms with Gasteiger partial charge in [-0.25, -0.2) is 0 Å². The van der Waals surface area contributed by atoms with E-state index in [2.05, 4.69) is 14.8 Å². The molecule has 170 valence electrons. The van der Waals surface area contributed by atoms with Gasteiger partial charge in [-0.05, 0) is 44.2 Å². The Morgan fingerprint density at radius 2 is 1.97 bits per heavy atom. The Kier molecular flexibility index (Phi) is 5.72. The van der Waals surface area contributed by atoms with E-state index in [1.807, 2.05) is 67.9 Å². The Bertz CT molecular complexity index is 1290. The van der Waals surface area contributed by atoms with E-state index in [1.165, 1.54) is 11.8 Å². The minimum atomic E-state index is -0.358. The zero-order chi connectivity index (χ0) is 22.9. The maximum atomic E-state index is 13.0. The molecule has 0 saturated carbocycles. The van der Waals surface area contributed by atoms with Crippen LogP contribution >= 0.6 is 11.8 Å². The highest BCUT2D eigenvalue weighted by atomic mass is 32.2. The van der Waals surface area contributed by atoms with Crippen LogP contribution in [0, 0.1) is 13.8 Å². The maximum Gasteiger partial charge on any atom is 0.192 e. The predicted molar refractivity (Wildman–Crippen MR) is 123 cm³/mol. The summed E-state index contributed by atoms with van der Waals surface area (Å²) in [5.74, 6) is 3.24. The molecular formula is C24H24N4O4S. The van der Waals surface area contributed by atoms with Gasteiger partial charge in [-0.2, -0.15) is 0 Å². The Labute approximate surface area is 195 Å². The van der Waals surface area contributed by atoms with Crippen molar-refractivity contribution >= 4 is 17.5 Å². The lowest BCUT2D eigenvalue weighted by molar-refractivity contribution is 0.0825. The van der Waals surface area contributed by atoms with Crippen molar-refractivity contribution in [3.63, 3.8) is 0 Å². The SMILES string of the molecule is Cc1cc(C(=O)CSc2nnc([C@H]3COc4ccccc4O3)n2C)c(C)n1Cc1ccco1. The van der Waals surface area contributed by atoms with Crippen LogP contribution < -0.4 is 9.47 Å². The number of ether oxygens (including phenoxy) is 2. The number of aryl methyl sites for hydroxylation is 1. The van der Waals surface area contributed by atoms with Gasteiger partial charge in [0.25, 0.3) is 0 Å². The smallest absolute Gasteiger partial charge is 0.192 e. The van der Waals surface area contributed by atoms with Gasteiger partial charge in [0.15, 0.2) is 34.4 Å². The Morgan fingerprint density at radius 1 is 1.15 bits per heavy atom. The van der Waals surface area contributed by atoms with Crippen molar-refractivity contribution < 1.29 is 18.7 Å². The van der Waals surface area contributed by atoms with Gasteiger partial charge in [0.05, 0.1) is 18.6 Å². The number of thioether (sulfide) groups is 1. The normalized spacial score (nSPS) is 15.1. The Balaban J connectivity index is 1.26. The average molecular weight is 465 g/mol. The molecule has 0 spiro atoms. The minimum Gasteiger partial charge on any atom is -0.485 e. The highest BCUT2D eigenvalue weighted by Gasteiger charge is 2.28. The lowest BCUT2D eigenvalue weighted by atomic mass is 10.2. The highest BCUT2D eigenvalue weighted by molar-refractivity contribution is 7.99. The van der Waals surface area contributed by atoms with Crippen molar-refractivity contribution in [2.45, 2.75) is 31.7 Å². The standard InChI is InChI=1S/C24H24N4O4S/c1-15-11-18(16(2)28(15)12-17-7-6-10-30-17)19(29)14-33-24-26-25-23(27(24)3)22-13-31-20-8-4-5-9-21(20)32-22/h4-11,22H,12-14H2,1-3H3/t22-/m1/s1. The number of carbonyl (C=O) groups excluding carboxylic acids is 1. The summed E-state index contributed by atoms with van der Waals surface area (Å²) in [6.07, 6.45) is 1.30. The number of Topliss-reactive ketones (excluding diaryl/α,β-unsaturated/α-hetero) is 1. The molecule has 0 aliphatic carbocycles. The Hall–Kier alpha value is -3.46. The van der Waals surface area contributed by atoms with Crippen LogP contribution in [0.2, 0.25) is 0 Å². The van der Waals surface area contributed by atoms with E-state index in [0.717, 1.165) is 28.5 Å². The van der Waals surface area contributed by atoms with Crippen molar-refractivity contribution in [3.05, 3.63) is 77.3 Å². The third-order valence-electron chi connectivity index (χ3n) is 5.77. The van der Waals surface area contributed by atoms with Crippen molar-refractivity contribution in [2.24, 2.45) is 7.05 Å². The number of benzene rings is 1. The first-order valence-electron chi connectivity index (χ1n) is 10.6. The molecule has 0 saturated heterocycles. The topological polar surface area (TPSA) is 84.3 Å². The molecule has 4 aromatic rings. The monoisotopic (exact) mass is 464 g/mol. The molecule has 1 aliphatic rings. The van der Waals surface area contributed by atoms with Gasteiger partial charge in [-0.1, -0.05) is 23.9 Å². The van der Waals surface area contributed by atoms with Crippen LogP contribution in [-0.4, -0.2) is 37.5 Å². The van der Waals surface area contributed by atoms with Crippen LogP contribution in [0.25, 0.3) is 0 Å². The first-order chi connectivity index (χ1) is 16.0. The lowest BCUT2D eigenvalue weighted by Crippen LogP contribution is -2.24. The Morgan fingerprint density at radius 3 is 2.76 bits per heavy atom. The van der Waals surface area contributed by atoms with Crippen LogP contribution in [0.4, 0.5) is 0 Å². The largest absolute Gasteiger partial charge is 0.485 e. The molecule has 0 amide bonds. The number of para-hydroxylation sites is 2. The average Bonchev–Trinajstić information content (AvgIpc) is 3.54. The summed E-state index contributed by atoms with van der Waals surface area (Å²) < 4.78 is 21.3. The molecule has 0 radical (unpaired) electrons. The summed E-state index contributed by atoms with van der Waals surface area (Å²) in [6.45, 7) is 4.92. The number of hydrogen-bond acceptors (Lipinski definition) is 7. The maximum absolute atomic E-state index is 13.0. The molecule has 33 heavy (non-hydrogen) atoms. The summed E-state index contributed by atoms with van der Waals surface area (Å²) >= 11 is 1.37. The van der Waals surface area contributed by atoms with E-state index >= 15 is 0 Å². The van der Waals surface area contributed by atoms with Crippen LogP contribution in [0.5, 0.6) is 11.5 Å². The molecule has 1 aliphatic heterocycles. The predicted octanol–water partition coefficient (Wildman–Crippen LogP) is 4.36. The van der Waals surface area contributed by atoms with Crippen molar-refractivity contribution in [1.82, 2.24) is 19.3 Å². The lowest BCUT2D eigenvalue weighted by Gasteiger charge is -2.25. The fraction of sp³-hybridized carbons (Fsp3) is 0.292. The number of furan rings is 1. The third kappa shape index (κ3) is 4.16. The molecule has 1 aromatic carbocycles. The van der Waals surface area contributed by atoms with E-state index in [-0.39, 0.29) is 17.6 Å². The van der Waals surface area contributed by atoms with Gasteiger partial charge in [-0.3, -0.25) is 4.79 Å². The summed E-state index contributed by atoms with van der Waals surface area (Å²) in [6, 6.07) is 13.3. The highest BCUT2D eigenvalue weighted by Crippen LogP contribution is 2.35. The number of carbonyl (C=O) groups is 1. The van der Waals surface area contributed by atoms with Crippen molar-refractivity contribution in [1.29, 1.82) is 0 Å². The van der Waals surface area contributed by atoms with Crippen LogP contribution in [0.15, 0.2) is 58.3 Å². The van der Waals surface area contributed by atoms with E-state index in [9.17, 15) is 4.79 Å². The molecule has 0 N–H and O–H groups in total.